The van der Waals surface area contributed by atoms with Crippen LogP contribution in [0.3, 0.4) is 0 Å². The molecule has 3 atom stereocenters. The monoisotopic (exact) mass is 557 g/mol. The van der Waals surface area contributed by atoms with Crippen molar-refractivity contribution in [3.63, 3.8) is 0 Å². The summed E-state index contributed by atoms with van der Waals surface area (Å²) in [5, 5.41) is 29.7. The van der Waals surface area contributed by atoms with E-state index in [1.54, 1.807) is 18.3 Å². The SMILES string of the molecule is CC1(C)C(O)c2cc(Nc3nn([C@H]4CCCC[C@@H]4C#N)c4ccnc(OCc5ccccc5)c34)ccc2S1(=O)=O. The van der Waals surface area contributed by atoms with Gasteiger partial charge in [0.25, 0.3) is 0 Å². The predicted molar refractivity (Wildman–Crippen MR) is 151 cm³/mol. The molecule has 2 N–H and O–H groups in total. The molecule has 6 rings (SSSR count). The molecule has 0 radical (unpaired) electrons. The first-order valence-electron chi connectivity index (χ1n) is 13.5. The third-order valence-corrected chi connectivity index (χ3v) is 10.8. The largest absolute Gasteiger partial charge is 0.472 e. The Hall–Kier alpha value is -3.94. The lowest BCUT2D eigenvalue weighted by atomic mass is 9.85. The van der Waals surface area contributed by atoms with Crippen molar-refractivity contribution in [2.24, 2.45) is 5.92 Å². The molecule has 2 aromatic heterocycles. The van der Waals surface area contributed by atoms with Crippen molar-refractivity contribution < 1.29 is 18.3 Å². The highest BCUT2D eigenvalue weighted by Gasteiger charge is 2.51. The molecule has 0 saturated heterocycles. The van der Waals surface area contributed by atoms with Gasteiger partial charge in [0.2, 0.25) is 5.88 Å². The summed E-state index contributed by atoms with van der Waals surface area (Å²) in [6, 6.07) is 18.9. The van der Waals surface area contributed by atoms with E-state index in [-0.39, 0.29) is 16.9 Å². The quantitative estimate of drug-likeness (QED) is 0.313. The Morgan fingerprint density at radius 1 is 1.15 bits per heavy atom. The predicted octanol–water partition coefficient (Wildman–Crippen LogP) is 5.61. The number of aliphatic hydroxyl groups is 1. The fourth-order valence-electron chi connectivity index (χ4n) is 5.81. The van der Waals surface area contributed by atoms with E-state index in [0.717, 1.165) is 36.8 Å². The molecular weight excluding hydrogens is 526 g/mol. The summed E-state index contributed by atoms with van der Waals surface area (Å²) < 4.78 is 32.8. The lowest BCUT2D eigenvalue weighted by molar-refractivity contribution is 0.144. The lowest BCUT2D eigenvalue weighted by Crippen LogP contribution is -2.32. The smallest absolute Gasteiger partial charge is 0.227 e. The molecule has 10 heteroatoms. The second-order valence-corrected chi connectivity index (χ2v) is 13.6. The highest BCUT2D eigenvalue weighted by molar-refractivity contribution is 7.93. The number of anilines is 2. The van der Waals surface area contributed by atoms with Crippen LogP contribution in [-0.4, -0.2) is 33.0 Å². The van der Waals surface area contributed by atoms with Gasteiger partial charge >= 0.3 is 0 Å². The van der Waals surface area contributed by atoms with Gasteiger partial charge in [0.1, 0.15) is 16.7 Å². The first kappa shape index (κ1) is 26.3. The maximum atomic E-state index is 13.0. The highest BCUT2D eigenvalue weighted by Crippen LogP contribution is 2.48. The fourth-order valence-corrected chi connectivity index (χ4v) is 7.53. The van der Waals surface area contributed by atoms with E-state index in [1.165, 1.54) is 19.9 Å². The Morgan fingerprint density at radius 2 is 1.93 bits per heavy atom. The van der Waals surface area contributed by atoms with Crippen LogP contribution in [0.4, 0.5) is 11.5 Å². The molecular formula is C30H31N5O4S. The van der Waals surface area contributed by atoms with Crippen molar-refractivity contribution in [1.82, 2.24) is 14.8 Å². The topological polar surface area (TPSA) is 130 Å². The van der Waals surface area contributed by atoms with E-state index in [4.69, 9.17) is 9.84 Å². The second-order valence-electron chi connectivity index (χ2n) is 11.1. The number of fused-ring (bicyclic) bond motifs is 2. The summed E-state index contributed by atoms with van der Waals surface area (Å²) in [6.45, 7) is 3.39. The normalized spacial score (nSPS) is 22.9. The van der Waals surface area contributed by atoms with Crippen molar-refractivity contribution in [3.05, 3.63) is 71.9 Å². The van der Waals surface area contributed by atoms with E-state index >= 15 is 0 Å². The number of hydrogen-bond acceptors (Lipinski definition) is 8. The number of aromatic nitrogens is 3. The van der Waals surface area contributed by atoms with Gasteiger partial charge < -0.3 is 15.2 Å². The van der Waals surface area contributed by atoms with E-state index in [0.29, 0.717) is 34.9 Å². The zero-order valence-corrected chi connectivity index (χ0v) is 23.2. The van der Waals surface area contributed by atoms with Crippen molar-refractivity contribution in [2.45, 2.75) is 67.9 Å². The van der Waals surface area contributed by atoms with Gasteiger partial charge in [-0.25, -0.2) is 13.4 Å². The minimum absolute atomic E-state index is 0.0889. The van der Waals surface area contributed by atoms with Crippen LogP contribution in [0, 0.1) is 17.2 Å². The zero-order chi connectivity index (χ0) is 28.1. The minimum Gasteiger partial charge on any atom is -0.472 e. The number of aliphatic hydroxyl groups excluding tert-OH is 1. The van der Waals surface area contributed by atoms with Gasteiger partial charge in [-0.1, -0.05) is 43.2 Å². The van der Waals surface area contributed by atoms with Gasteiger partial charge in [-0.05, 0) is 56.5 Å². The molecule has 3 heterocycles. The molecule has 0 bridgehead atoms. The maximum Gasteiger partial charge on any atom is 0.227 e. The molecule has 0 spiro atoms. The summed E-state index contributed by atoms with van der Waals surface area (Å²) >= 11 is 0. The molecule has 1 aliphatic heterocycles. The van der Waals surface area contributed by atoms with E-state index in [1.807, 2.05) is 41.1 Å². The molecule has 2 aromatic carbocycles. The van der Waals surface area contributed by atoms with Crippen LogP contribution in [0.25, 0.3) is 10.9 Å². The van der Waals surface area contributed by atoms with E-state index in [9.17, 15) is 18.8 Å². The second kappa shape index (κ2) is 9.91. The molecule has 1 aliphatic carbocycles. The molecule has 1 saturated carbocycles. The third kappa shape index (κ3) is 4.21. The average molecular weight is 558 g/mol. The number of nitriles is 1. The standard InChI is InChI=1S/C30H31N5O4S/c1-30(2)27(36)22-16-21(12-13-25(22)40(30,37)38)33-28-26-24(35(34-28)23-11-7-6-10-20(23)17-31)14-15-32-29(26)39-18-19-8-4-3-5-9-19/h3-5,8-9,12-16,20,23,27,36H,6-7,10-11,18H2,1-2H3,(H,33,34)/t20-,23+,27?/m1/s1. The van der Waals surface area contributed by atoms with Gasteiger partial charge in [-0.2, -0.15) is 10.4 Å². The number of rotatable bonds is 6. The van der Waals surface area contributed by atoms with Crippen LogP contribution in [0.2, 0.25) is 0 Å². The third-order valence-electron chi connectivity index (χ3n) is 8.22. The van der Waals surface area contributed by atoms with E-state index < -0.39 is 20.7 Å². The number of nitrogens with one attached hydrogen (secondary N) is 1. The summed E-state index contributed by atoms with van der Waals surface area (Å²) in [4.78, 5) is 4.67. The van der Waals surface area contributed by atoms with Crippen LogP contribution in [0.1, 0.15) is 62.8 Å². The Morgan fingerprint density at radius 3 is 2.70 bits per heavy atom. The van der Waals surface area contributed by atoms with Gasteiger partial charge in [0.05, 0.1) is 34.5 Å². The van der Waals surface area contributed by atoms with Gasteiger partial charge in [-0.3, -0.25) is 4.68 Å². The van der Waals surface area contributed by atoms with Crippen molar-refractivity contribution in [2.75, 3.05) is 5.32 Å². The number of ether oxygens (including phenoxy) is 1. The number of benzene rings is 2. The fraction of sp³-hybridized carbons (Fsp3) is 0.367. The van der Waals surface area contributed by atoms with E-state index in [2.05, 4.69) is 16.4 Å². The molecule has 40 heavy (non-hydrogen) atoms. The van der Waals surface area contributed by atoms with Crippen LogP contribution < -0.4 is 10.1 Å². The molecule has 206 valence electrons. The number of nitrogens with zero attached hydrogens (tertiary/aromatic N) is 4. The Labute approximate surface area is 233 Å². The minimum atomic E-state index is -3.68. The molecule has 9 nitrogen and oxygen atoms in total. The van der Waals surface area contributed by atoms with Crippen molar-refractivity contribution in [1.29, 1.82) is 5.26 Å². The number of pyridine rings is 1. The first-order chi connectivity index (χ1) is 19.2. The summed E-state index contributed by atoms with van der Waals surface area (Å²) in [5.41, 5.74) is 2.74. The molecule has 1 unspecified atom stereocenters. The van der Waals surface area contributed by atoms with Crippen molar-refractivity contribution >= 4 is 32.2 Å². The molecule has 1 fully saturated rings. The maximum absolute atomic E-state index is 13.0. The van der Waals surface area contributed by atoms with Crippen molar-refractivity contribution in [3.8, 4) is 11.9 Å². The summed E-state index contributed by atoms with van der Waals surface area (Å²) in [5.74, 6) is 0.737. The first-order valence-corrected chi connectivity index (χ1v) is 15.0. The van der Waals surface area contributed by atoms with Crippen LogP contribution in [0.15, 0.2) is 65.7 Å². The highest BCUT2D eigenvalue weighted by atomic mass is 32.2. The lowest BCUT2D eigenvalue weighted by Gasteiger charge is -2.27. The van der Waals surface area contributed by atoms with Crippen LogP contribution in [-0.2, 0) is 16.4 Å². The summed E-state index contributed by atoms with van der Waals surface area (Å²) in [7, 11) is -3.68. The Kier molecular flexibility index (Phi) is 6.51. The van der Waals surface area contributed by atoms with Gasteiger partial charge in [0.15, 0.2) is 15.7 Å². The van der Waals surface area contributed by atoms with Crippen LogP contribution in [0.5, 0.6) is 5.88 Å². The molecule has 0 amide bonds. The average Bonchev–Trinajstić information content (AvgIpc) is 3.39. The molecule has 4 aromatic rings. The molecule has 2 aliphatic rings. The number of sulfone groups is 1. The summed E-state index contributed by atoms with van der Waals surface area (Å²) in [6.07, 6.45) is 4.22. The van der Waals surface area contributed by atoms with Crippen LogP contribution >= 0.6 is 0 Å². The van der Waals surface area contributed by atoms with Gasteiger partial charge in [0, 0.05) is 17.4 Å². The zero-order valence-electron chi connectivity index (χ0n) is 22.4. The van der Waals surface area contributed by atoms with Gasteiger partial charge in [-0.15, -0.1) is 0 Å². The Balaban J connectivity index is 1.44. The number of hydrogen-bond donors (Lipinski definition) is 2. The Bertz CT molecular complexity index is 1730.